The summed E-state index contributed by atoms with van der Waals surface area (Å²) in [4.78, 5) is 12.1. The first-order valence-electron chi connectivity index (χ1n) is 6.44. The van der Waals surface area contributed by atoms with Crippen molar-refractivity contribution in [3.8, 4) is 0 Å². The van der Waals surface area contributed by atoms with Crippen molar-refractivity contribution in [3.63, 3.8) is 0 Å². The minimum absolute atomic E-state index is 0.00282. The molecule has 0 heterocycles. The Kier molecular flexibility index (Phi) is 3.73. The molecular weight excluding hydrogens is 330 g/mol. The fourth-order valence-electron chi connectivity index (χ4n) is 3.72. The van der Waals surface area contributed by atoms with E-state index in [9.17, 15) is 13.2 Å². The molecule has 4 atom stereocenters. The molecule has 0 saturated heterocycles. The van der Waals surface area contributed by atoms with Crippen molar-refractivity contribution in [2.45, 2.75) is 31.5 Å². The maximum atomic E-state index is 12.3. The number of rotatable bonds is 5. The highest BCUT2D eigenvalue weighted by Crippen LogP contribution is 2.65. The lowest BCUT2D eigenvalue weighted by atomic mass is 9.70. The van der Waals surface area contributed by atoms with Crippen LogP contribution in [0.1, 0.15) is 26.7 Å². The number of nitrogens with one attached hydrogen (secondary N) is 1. The molecule has 0 aromatic heterocycles. The van der Waals surface area contributed by atoms with Crippen LogP contribution in [0, 0.1) is 16.7 Å². The van der Waals surface area contributed by atoms with Crippen molar-refractivity contribution in [3.05, 3.63) is 12.7 Å². The quantitative estimate of drug-likeness (QED) is 0.608. The number of hydrogen-bond acceptors (Lipinski definition) is 3. The maximum absolute atomic E-state index is 12.3. The van der Waals surface area contributed by atoms with Crippen LogP contribution in [0.2, 0.25) is 0 Å². The van der Waals surface area contributed by atoms with Gasteiger partial charge >= 0.3 is 0 Å². The first-order chi connectivity index (χ1) is 8.68. The minimum Gasteiger partial charge on any atom is -0.298 e. The highest BCUT2D eigenvalue weighted by atomic mass is 79.9. The van der Waals surface area contributed by atoms with Gasteiger partial charge in [-0.15, -0.1) is 6.58 Å². The summed E-state index contributed by atoms with van der Waals surface area (Å²) in [5.41, 5.74) is -1.03. The molecule has 0 aliphatic heterocycles. The molecule has 6 heteroatoms. The Morgan fingerprint density at radius 2 is 2.16 bits per heavy atom. The largest absolute Gasteiger partial charge is 0.298 e. The fourth-order valence-corrected chi connectivity index (χ4v) is 6.87. The maximum Gasteiger partial charge on any atom is 0.212 e. The molecule has 108 valence electrons. The van der Waals surface area contributed by atoms with Gasteiger partial charge in [-0.2, -0.15) is 0 Å². The van der Waals surface area contributed by atoms with Gasteiger partial charge in [0.05, 0.1) is 10.6 Å². The average Bonchev–Trinajstić information content (AvgIpc) is 2.63. The zero-order valence-corrected chi connectivity index (χ0v) is 13.7. The molecule has 0 aromatic carbocycles. The third kappa shape index (κ3) is 2.12. The van der Waals surface area contributed by atoms with Gasteiger partial charge in [0.25, 0.3) is 0 Å². The third-order valence-electron chi connectivity index (χ3n) is 5.12. The van der Waals surface area contributed by atoms with Gasteiger partial charge in [0.2, 0.25) is 10.0 Å². The number of ketones is 1. The van der Waals surface area contributed by atoms with Crippen LogP contribution < -0.4 is 4.72 Å². The molecule has 2 aliphatic rings. The van der Waals surface area contributed by atoms with E-state index in [4.69, 9.17) is 0 Å². The first-order valence-corrected chi connectivity index (χ1v) is 9.01. The molecule has 2 fully saturated rings. The molecule has 0 radical (unpaired) electrons. The Morgan fingerprint density at radius 3 is 2.63 bits per heavy atom. The van der Waals surface area contributed by atoms with Gasteiger partial charge in [0, 0.05) is 12.0 Å². The second-order valence-electron chi connectivity index (χ2n) is 6.06. The van der Waals surface area contributed by atoms with E-state index in [-0.39, 0.29) is 28.8 Å². The summed E-state index contributed by atoms with van der Waals surface area (Å²) in [6.07, 6.45) is 3.21. The van der Waals surface area contributed by atoms with E-state index in [1.807, 2.05) is 13.8 Å². The van der Waals surface area contributed by atoms with Gasteiger partial charge in [-0.3, -0.25) is 4.79 Å². The monoisotopic (exact) mass is 349 g/mol. The van der Waals surface area contributed by atoms with Crippen molar-refractivity contribution in [1.29, 1.82) is 0 Å². The molecule has 4 nitrogen and oxygen atoms in total. The molecular formula is C13H20BrNO3S. The topological polar surface area (TPSA) is 63.2 Å². The summed E-state index contributed by atoms with van der Waals surface area (Å²) in [6, 6.07) is 0. The van der Waals surface area contributed by atoms with Crippen molar-refractivity contribution in [1.82, 2.24) is 4.72 Å². The van der Waals surface area contributed by atoms with Crippen LogP contribution in [-0.4, -0.2) is 31.3 Å². The molecule has 0 aromatic rings. The van der Waals surface area contributed by atoms with E-state index in [2.05, 4.69) is 27.2 Å². The molecule has 2 rings (SSSR count). The summed E-state index contributed by atoms with van der Waals surface area (Å²) >= 11 is 3.45. The summed E-state index contributed by atoms with van der Waals surface area (Å²) < 4.78 is 26.8. The Morgan fingerprint density at radius 1 is 1.53 bits per heavy atom. The number of fused-ring (bicyclic) bond motifs is 2. The van der Waals surface area contributed by atoms with Gasteiger partial charge in [0.1, 0.15) is 0 Å². The molecule has 0 unspecified atom stereocenters. The van der Waals surface area contributed by atoms with Gasteiger partial charge in [-0.1, -0.05) is 35.9 Å². The highest BCUT2D eigenvalue weighted by molar-refractivity contribution is 9.10. The zero-order chi connectivity index (χ0) is 14.5. The smallest absolute Gasteiger partial charge is 0.212 e. The molecule has 2 bridgehead atoms. The standard InChI is InChI=1S/C13H20BrNO3S/c1-4-7-15-19(17,18)8-13(3)9-5-6-12(13,2)11(16)10(9)14/h4,9-10,15H,1,5-8H2,2-3H3/t9-,10-,12+,13+/m0/s1. The van der Waals surface area contributed by atoms with Gasteiger partial charge < -0.3 is 0 Å². The molecule has 2 saturated carbocycles. The second kappa shape index (κ2) is 4.67. The summed E-state index contributed by atoms with van der Waals surface area (Å²) in [5, 5.41) is 0. The Labute approximate surface area is 123 Å². The van der Waals surface area contributed by atoms with Crippen molar-refractivity contribution in [2.24, 2.45) is 16.7 Å². The van der Waals surface area contributed by atoms with Crippen LogP contribution >= 0.6 is 15.9 Å². The van der Waals surface area contributed by atoms with Crippen molar-refractivity contribution >= 4 is 31.7 Å². The summed E-state index contributed by atoms with van der Waals surface area (Å²) in [6.45, 7) is 7.59. The summed E-state index contributed by atoms with van der Waals surface area (Å²) in [7, 11) is -3.39. The van der Waals surface area contributed by atoms with Crippen LogP contribution in [0.4, 0.5) is 0 Å². The predicted octanol–water partition coefficient (Wildman–Crippen LogP) is 1.86. The molecule has 19 heavy (non-hydrogen) atoms. The van der Waals surface area contributed by atoms with Crippen LogP contribution in [0.15, 0.2) is 12.7 Å². The molecule has 1 N–H and O–H groups in total. The number of hydrogen-bond donors (Lipinski definition) is 1. The number of halogens is 1. The number of carbonyl (C=O) groups excluding carboxylic acids is 1. The fraction of sp³-hybridized carbons (Fsp3) is 0.769. The van der Waals surface area contributed by atoms with Crippen LogP contribution in [0.3, 0.4) is 0 Å². The Hall–Kier alpha value is -0.200. The van der Waals surface area contributed by atoms with Gasteiger partial charge in [0.15, 0.2) is 5.78 Å². The van der Waals surface area contributed by atoms with E-state index in [1.165, 1.54) is 6.08 Å². The van der Waals surface area contributed by atoms with E-state index in [0.29, 0.717) is 0 Å². The molecule has 0 spiro atoms. The number of Topliss-reactive ketones (excluding diaryl/α,β-unsaturated/α-hetero) is 1. The predicted molar refractivity (Wildman–Crippen MR) is 78.6 cm³/mol. The molecule has 0 amide bonds. The number of alkyl halides is 1. The van der Waals surface area contributed by atoms with E-state index in [1.54, 1.807) is 0 Å². The second-order valence-corrected chi connectivity index (χ2v) is 8.85. The zero-order valence-electron chi connectivity index (χ0n) is 11.3. The van der Waals surface area contributed by atoms with Crippen LogP contribution in [0.25, 0.3) is 0 Å². The van der Waals surface area contributed by atoms with Crippen molar-refractivity contribution in [2.75, 3.05) is 12.3 Å². The van der Waals surface area contributed by atoms with E-state index < -0.39 is 20.9 Å². The van der Waals surface area contributed by atoms with Gasteiger partial charge in [-0.05, 0) is 24.2 Å². The van der Waals surface area contributed by atoms with Gasteiger partial charge in [-0.25, -0.2) is 13.1 Å². The summed E-state index contributed by atoms with van der Waals surface area (Å²) in [5.74, 6) is 0.263. The Bertz CT molecular complexity index is 518. The first kappa shape index (κ1) is 15.2. The number of sulfonamides is 1. The number of carbonyl (C=O) groups is 1. The molecule has 2 aliphatic carbocycles. The highest BCUT2D eigenvalue weighted by Gasteiger charge is 2.68. The average molecular weight is 350 g/mol. The normalized spacial score (nSPS) is 41.7. The SMILES string of the molecule is C=CCNS(=O)(=O)C[C@]1(C)[C@H]2CC[C@]1(C)C(=O)[C@H]2Br. The van der Waals surface area contributed by atoms with E-state index in [0.717, 1.165) is 12.8 Å². The lowest BCUT2D eigenvalue weighted by molar-refractivity contribution is -0.127. The lowest BCUT2D eigenvalue weighted by Crippen LogP contribution is -2.43. The lowest BCUT2D eigenvalue weighted by Gasteiger charge is -2.36. The minimum atomic E-state index is -3.39. The van der Waals surface area contributed by atoms with E-state index >= 15 is 0 Å². The van der Waals surface area contributed by atoms with Crippen LogP contribution in [-0.2, 0) is 14.8 Å². The third-order valence-corrected chi connectivity index (χ3v) is 7.76. The Balaban J connectivity index is 2.29. The van der Waals surface area contributed by atoms with Crippen molar-refractivity contribution < 1.29 is 13.2 Å². The van der Waals surface area contributed by atoms with Crippen LogP contribution in [0.5, 0.6) is 0 Å².